The Hall–Kier alpha value is -1.68. The predicted octanol–water partition coefficient (Wildman–Crippen LogP) is 2.71. The molecule has 0 aliphatic carbocycles. The van der Waals surface area contributed by atoms with Crippen molar-refractivity contribution in [2.24, 2.45) is 12.0 Å². The molecule has 0 fully saturated rings. The zero-order chi connectivity index (χ0) is 18.8. The Bertz CT molecular complexity index is 699. The molecule has 1 aromatic carbocycles. The minimum atomic E-state index is 0. The van der Waals surface area contributed by atoms with E-state index in [2.05, 4.69) is 57.0 Å². The van der Waals surface area contributed by atoms with E-state index in [0.29, 0.717) is 13.1 Å². The number of aryl methyl sites for hydroxylation is 2. The molecule has 1 heterocycles. The summed E-state index contributed by atoms with van der Waals surface area (Å²) in [5.41, 5.74) is 2.43. The van der Waals surface area contributed by atoms with Gasteiger partial charge in [0.05, 0.1) is 13.1 Å². The molecule has 0 spiro atoms. The molecule has 27 heavy (non-hydrogen) atoms. The van der Waals surface area contributed by atoms with Gasteiger partial charge in [-0.1, -0.05) is 29.8 Å². The van der Waals surface area contributed by atoms with Gasteiger partial charge in [-0.05, 0) is 32.8 Å². The average molecular weight is 486 g/mol. The fourth-order valence-electron chi connectivity index (χ4n) is 2.33. The van der Waals surface area contributed by atoms with Gasteiger partial charge in [-0.3, -0.25) is 0 Å². The highest BCUT2D eigenvalue weighted by atomic mass is 127. The lowest BCUT2D eigenvalue weighted by Crippen LogP contribution is -2.38. The Morgan fingerprint density at radius 2 is 1.89 bits per heavy atom. The molecule has 2 rings (SSSR count). The monoisotopic (exact) mass is 486 g/mol. The summed E-state index contributed by atoms with van der Waals surface area (Å²) in [6.07, 6.45) is 0.933. The number of guanidine groups is 1. The Kier molecular flexibility index (Phi) is 11.0. The number of ether oxygens (including phenoxy) is 1. The second kappa shape index (κ2) is 12.7. The van der Waals surface area contributed by atoms with Crippen LogP contribution in [0.2, 0.25) is 0 Å². The third-order valence-corrected chi connectivity index (χ3v) is 4.10. The standard InChI is InChI=1S/C19H30N6O.HI/c1-5-26-12-6-11-20-19(21-13-17-9-7-15(2)8-10-17)22-14-18-24-23-16(3)25(18)4;/h7-10H,5-6,11-14H2,1-4H3,(H2,20,21,22);1H. The van der Waals surface area contributed by atoms with Gasteiger partial charge >= 0.3 is 0 Å². The second-order valence-electron chi connectivity index (χ2n) is 6.20. The van der Waals surface area contributed by atoms with E-state index in [1.54, 1.807) is 0 Å². The minimum Gasteiger partial charge on any atom is -0.382 e. The molecule has 0 atom stereocenters. The van der Waals surface area contributed by atoms with Crippen LogP contribution in [-0.4, -0.2) is 40.5 Å². The smallest absolute Gasteiger partial charge is 0.191 e. The van der Waals surface area contributed by atoms with E-state index >= 15 is 0 Å². The molecule has 1 aromatic heterocycles. The topological polar surface area (TPSA) is 76.4 Å². The minimum absolute atomic E-state index is 0. The molecular weight excluding hydrogens is 455 g/mol. The van der Waals surface area contributed by atoms with Crippen LogP contribution in [0.25, 0.3) is 0 Å². The van der Waals surface area contributed by atoms with Gasteiger partial charge in [-0.15, -0.1) is 34.2 Å². The number of hydrogen-bond acceptors (Lipinski definition) is 4. The molecule has 0 bridgehead atoms. The van der Waals surface area contributed by atoms with E-state index in [1.165, 1.54) is 11.1 Å². The van der Waals surface area contributed by atoms with E-state index in [1.807, 2.05) is 25.5 Å². The normalized spacial score (nSPS) is 11.2. The zero-order valence-electron chi connectivity index (χ0n) is 16.7. The lowest BCUT2D eigenvalue weighted by Gasteiger charge is -2.12. The van der Waals surface area contributed by atoms with Gasteiger partial charge in [0.25, 0.3) is 0 Å². The molecule has 0 saturated heterocycles. The van der Waals surface area contributed by atoms with Crippen molar-refractivity contribution in [1.82, 2.24) is 25.4 Å². The highest BCUT2D eigenvalue weighted by molar-refractivity contribution is 14.0. The highest BCUT2D eigenvalue weighted by Crippen LogP contribution is 2.04. The van der Waals surface area contributed by atoms with Crippen LogP contribution in [-0.2, 0) is 24.9 Å². The maximum Gasteiger partial charge on any atom is 0.191 e. The first-order valence-electron chi connectivity index (χ1n) is 9.10. The van der Waals surface area contributed by atoms with E-state index in [-0.39, 0.29) is 24.0 Å². The second-order valence-corrected chi connectivity index (χ2v) is 6.20. The number of aliphatic imine (C=N–C) groups is 1. The average Bonchev–Trinajstić information content (AvgIpc) is 2.96. The van der Waals surface area contributed by atoms with Crippen molar-refractivity contribution in [3.63, 3.8) is 0 Å². The number of aromatic nitrogens is 3. The lowest BCUT2D eigenvalue weighted by molar-refractivity contribution is 0.145. The maximum atomic E-state index is 5.38. The van der Waals surface area contributed by atoms with Gasteiger partial charge in [0.2, 0.25) is 0 Å². The zero-order valence-corrected chi connectivity index (χ0v) is 19.0. The molecule has 7 nitrogen and oxygen atoms in total. The summed E-state index contributed by atoms with van der Waals surface area (Å²) in [5, 5.41) is 15.0. The highest BCUT2D eigenvalue weighted by Gasteiger charge is 2.06. The summed E-state index contributed by atoms with van der Waals surface area (Å²) < 4.78 is 7.35. The van der Waals surface area contributed by atoms with Crippen LogP contribution in [0.1, 0.15) is 36.1 Å². The number of nitrogens with zero attached hydrogens (tertiary/aromatic N) is 4. The third-order valence-electron chi connectivity index (χ3n) is 4.10. The fourth-order valence-corrected chi connectivity index (χ4v) is 2.33. The predicted molar refractivity (Wildman–Crippen MR) is 119 cm³/mol. The first-order chi connectivity index (χ1) is 12.6. The molecule has 0 amide bonds. The Balaban J connectivity index is 0.00000364. The van der Waals surface area contributed by atoms with Gasteiger partial charge in [-0.25, -0.2) is 4.99 Å². The van der Waals surface area contributed by atoms with Crippen LogP contribution in [0.4, 0.5) is 0 Å². The molecule has 8 heteroatoms. The van der Waals surface area contributed by atoms with Crippen LogP contribution in [0.3, 0.4) is 0 Å². The van der Waals surface area contributed by atoms with Crippen molar-refractivity contribution in [2.75, 3.05) is 19.8 Å². The molecule has 0 unspecified atom stereocenters. The molecule has 0 aliphatic heterocycles. The van der Waals surface area contributed by atoms with Crippen molar-refractivity contribution in [2.45, 2.75) is 40.3 Å². The maximum absolute atomic E-state index is 5.38. The molecule has 150 valence electrons. The Morgan fingerprint density at radius 3 is 2.52 bits per heavy atom. The van der Waals surface area contributed by atoms with Crippen molar-refractivity contribution < 1.29 is 4.74 Å². The summed E-state index contributed by atoms with van der Waals surface area (Å²) >= 11 is 0. The third kappa shape index (κ3) is 8.25. The van der Waals surface area contributed by atoms with Crippen LogP contribution >= 0.6 is 24.0 Å². The van der Waals surface area contributed by atoms with E-state index in [4.69, 9.17) is 4.74 Å². The van der Waals surface area contributed by atoms with Crippen molar-refractivity contribution in [3.8, 4) is 0 Å². The Labute approximate surface area is 179 Å². The summed E-state index contributed by atoms with van der Waals surface area (Å²) in [4.78, 5) is 4.69. The summed E-state index contributed by atoms with van der Waals surface area (Å²) in [7, 11) is 1.96. The van der Waals surface area contributed by atoms with E-state index in [9.17, 15) is 0 Å². The molecule has 2 aromatic rings. The van der Waals surface area contributed by atoms with Crippen molar-refractivity contribution >= 4 is 29.9 Å². The van der Waals surface area contributed by atoms with Crippen LogP contribution in [0.15, 0.2) is 29.3 Å². The summed E-state index contributed by atoms with van der Waals surface area (Å²) in [6.45, 7) is 9.53. The number of halogens is 1. The van der Waals surface area contributed by atoms with E-state index < -0.39 is 0 Å². The Morgan fingerprint density at radius 1 is 1.15 bits per heavy atom. The van der Waals surface area contributed by atoms with Gasteiger partial charge in [0, 0.05) is 26.8 Å². The van der Waals surface area contributed by atoms with E-state index in [0.717, 1.165) is 43.8 Å². The summed E-state index contributed by atoms with van der Waals surface area (Å²) in [5.74, 6) is 2.54. The van der Waals surface area contributed by atoms with Gasteiger partial charge in [0.1, 0.15) is 5.82 Å². The number of hydrogen-bond donors (Lipinski definition) is 2. The molecular formula is C19H31IN6O. The molecule has 0 radical (unpaired) electrons. The van der Waals surface area contributed by atoms with Crippen molar-refractivity contribution in [1.29, 1.82) is 0 Å². The first kappa shape index (κ1) is 23.4. The molecule has 2 N–H and O–H groups in total. The van der Waals surface area contributed by atoms with Gasteiger partial charge < -0.3 is 19.9 Å². The first-order valence-corrected chi connectivity index (χ1v) is 9.10. The largest absolute Gasteiger partial charge is 0.382 e. The van der Waals surface area contributed by atoms with Crippen LogP contribution in [0, 0.1) is 13.8 Å². The number of benzene rings is 1. The molecule has 0 aliphatic rings. The van der Waals surface area contributed by atoms with Crippen LogP contribution < -0.4 is 10.6 Å². The number of nitrogens with one attached hydrogen (secondary N) is 2. The SMILES string of the molecule is CCOCCCNC(=NCc1ccc(C)cc1)NCc1nnc(C)n1C.I. The fraction of sp³-hybridized carbons (Fsp3) is 0.526. The number of rotatable bonds is 9. The van der Waals surface area contributed by atoms with Crippen LogP contribution in [0.5, 0.6) is 0 Å². The van der Waals surface area contributed by atoms with Crippen molar-refractivity contribution in [3.05, 3.63) is 47.0 Å². The summed E-state index contributed by atoms with van der Waals surface area (Å²) in [6, 6.07) is 8.43. The van der Waals surface area contributed by atoms with Gasteiger partial charge in [-0.2, -0.15) is 0 Å². The lowest BCUT2D eigenvalue weighted by atomic mass is 10.1. The van der Waals surface area contributed by atoms with Gasteiger partial charge in [0.15, 0.2) is 11.8 Å². The molecule has 0 saturated carbocycles. The quantitative estimate of drug-likeness (QED) is 0.247.